The molecule has 0 bridgehead atoms. The third-order valence-corrected chi connectivity index (χ3v) is 6.60. The number of hydrogen-bond donors (Lipinski definition) is 4. The molecule has 0 saturated carbocycles. The van der Waals surface area contributed by atoms with Gasteiger partial charge in [-0.25, -0.2) is 4.79 Å². The monoisotopic (exact) mass is 490 g/mol. The van der Waals surface area contributed by atoms with E-state index in [0.29, 0.717) is 28.7 Å². The summed E-state index contributed by atoms with van der Waals surface area (Å²) in [6.45, 7) is 16.3. The van der Waals surface area contributed by atoms with Crippen LogP contribution in [0.1, 0.15) is 96.4 Å². The van der Waals surface area contributed by atoms with E-state index in [-0.39, 0.29) is 40.1 Å². The van der Waals surface area contributed by atoms with Gasteiger partial charge in [-0.3, -0.25) is 0 Å². The largest absolute Gasteiger partial charge is 0.507 e. The number of benzene rings is 3. The average molecular weight is 491 g/mol. The number of phenols is 3. The molecule has 3 aromatic rings. The summed E-state index contributed by atoms with van der Waals surface area (Å²) in [6.07, 6.45) is 0.509. The molecule has 0 aliphatic heterocycles. The predicted molar refractivity (Wildman–Crippen MR) is 144 cm³/mol. The lowest BCUT2D eigenvalue weighted by molar-refractivity contribution is 0.0693. The maximum absolute atomic E-state index is 11.6. The van der Waals surface area contributed by atoms with Crippen molar-refractivity contribution >= 4 is 5.97 Å². The Balaban J connectivity index is 2.11. The van der Waals surface area contributed by atoms with Gasteiger partial charge in [0.25, 0.3) is 0 Å². The number of carboxylic acids is 1. The van der Waals surface area contributed by atoms with Gasteiger partial charge in [-0.05, 0) is 69.7 Å². The fourth-order valence-corrected chi connectivity index (χ4v) is 4.60. The molecule has 0 saturated heterocycles. The molecule has 3 aromatic carbocycles. The Bertz CT molecular complexity index is 1320. The van der Waals surface area contributed by atoms with Crippen molar-refractivity contribution in [2.45, 2.75) is 79.1 Å². The maximum Gasteiger partial charge on any atom is 0.339 e. The molecule has 3 rings (SSSR count). The molecule has 36 heavy (non-hydrogen) atoms. The van der Waals surface area contributed by atoms with Gasteiger partial charge in [0.05, 0.1) is 0 Å². The highest BCUT2D eigenvalue weighted by Crippen LogP contribution is 2.40. The van der Waals surface area contributed by atoms with E-state index >= 15 is 0 Å². The van der Waals surface area contributed by atoms with Crippen LogP contribution in [0.4, 0.5) is 0 Å². The first-order valence-electron chi connectivity index (χ1n) is 12.2. The summed E-state index contributed by atoms with van der Waals surface area (Å²) in [5, 5.41) is 42.5. The van der Waals surface area contributed by atoms with Crippen molar-refractivity contribution < 1.29 is 25.2 Å². The molecule has 0 unspecified atom stereocenters. The van der Waals surface area contributed by atoms with Gasteiger partial charge in [-0.2, -0.15) is 0 Å². The summed E-state index contributed by atoms with van der Waals surface area (Å²) in [5.41, 5.74) is 5.51. The van der Waals surface area contributed by atoms with Crippen LogP contribution < -0.4 is 0 Å². The third-order valence-electron chi connectivity index (χ3n) is 6.60. The van der Waals surface area contributed by atoms with Crippen molar-refractivity contribution in [3.05, 3.63) is 86.5 Å². The summed E-state index contributed by atoms with van der Waals surface area (Å²) < 4.78 is 0. The van der Waals surface area contributed by atoms with E-state index in [2.05, 4.69) is 47.6 Å². The van der Waals surface area contributed by atoms with Gasteiger partial charge in [0.1, 0.15) is 22.8 Å². The predicted octanol–water partition coefficient (Wildman–Crippen LogP) is 6.90. The molecule has 0 aliphatic rings. The molecular formula is C31H38O5. The van der Waals surface area contributed by atoms with E-state index in [1.807, 2.05) is 25.1 Å². The number of aromatic carboxylic acids is 1. The van der Waals surface area contributed by atoms with E-state index in [1.54, 1.807) is 13.0 Å². The summed E-state index contributed by atoms with van der Waals surface area (Å²) in [6, 6.07) is 11.0. The normalized spacial score (nSPS) is 12.1. The van der Waals surface area contributed by atoms with E-state index < -0.39 is 5.97 Å². The first-order valence-corrected chi connectivity index (χ1v) is 12.2. The second-order valence-electron chi connectivity index (χ2n) is 11.9. The molecular weight excluding hydrogens is 452 g/mol. The van der Waals surface area contributed by atoms with Crippen LogP contribution >= 0.6 is 0 Å². The van der Waals surface area contributed by atoms with Crippen molar-refractivity contribution in [1.82, 2.24) is 0 Å². The maximum atomic E-state index is 11.6. The molecule has 5 heteroatoms. The van der Waals surface area contributed by atoms with E-state index in [1.165, 1.54) is 6.07 Å². The molecule has 0 fully saturated rings. The zero-order chi connectivity index (χ0) is 27.2. The Kier molecular flexibility index (Phi) is 7.18. The first-order chi connectivity index (χ1) is 16.5. The Morgan fingerprint density at radius 2 is 1.08 bits per heavy atom. The number of carbonyl (C=O) groups is 1. The summed E-state index contributed by atoms with van der Waals surface area (Å²) in [7, 11) is 0. The fourth-order valence-electron chi connectivity index (χ4n) is 4.60. The topological polar surface area (TPSA) is 98.0 Å². The van der Waals surface area contributed by atoms with Crippen LogP contribution in [-0.4, -0.2) is 26.4 Å². The highest BCUT2D eigenvalue weighted by atomic mass is 16.4. The molecule has 0 atom stereocenters. The number of hydrogen-bond acceptors (Lipinski definition) is 4. The number of carboxylic acid groups (broad SMARTS) is 1. The van der Waals surface area contributed by atoms with Gasteiger partial charge in [-0.15, -0.1) is 0 Å². The number of phenolic OH excluding ortho intramolecular Hbond substituents is 2. The minimum atomic E-state index is -1.20. The van der Waals surface area contributed by atoms with Crippen molar-refractivity contribution in [2.24, 2.45) is 0 Å². The van der Waals surface area contributed by atoms with Gasteiger partial charge < -0.3 is 20.4 Å². The minimum absolute atomic E-state index is 0.0799. The summed E-state index contributed by atoms with van der Waals surface area (Å²) in [5.74, 6) is -1.17. The number of aromatic hydroxyl groups is 3. The number of rotatable bonds is 5. The van der Waals surface area contributed by atoms with E-state index in [4.69, 9.17) is 0 Å². The van der Waals surface area contributed by atoms with E-state index in [0.717, 1.165) is 22.3 Å². The van der Waals surface area contributed by atoms with Crippen molar-refractivity contribution in [1.29, 1.82) is 0 Å². The molecule has 0 aromatic heterocycles. The van der Waals surface area contributed by atoms with Gasteiger partial charge in [-0.1, -0.05) is 77.4 Å². The standard InChI is InChI=1S/C31H38O5/c1-17-9-19(13-21-11-18(2)12-24(27(21)33)29(35)36)26(32)20(10-17)14-22-15-23(30(3,4)5)16-25(28(22)34)31(6,7)8/h9-12,15-16,32-34H,13-14H2,1-8H3,(H,35,36). The van der Waals surface area contributed by atoms with Gasteiger partial charge in [0.15, 0.2) is 0 Å². The van der Waals surface area contributed by atoms with Crippen LogP contribution in [0, 0.1) is 13.8 Å². The SMILES string of the molecule is Cc1cc(Cc2cc(C)cc(C(=O)O)c2O)c(O)c(Cc2cc(C(C)(C)C)cc(C(C)(C)C)c2O)c1. The van der Waals surface area contributed by atoms with Crippen LogP contribution in [0.2, 0.25) is 0 Å². The first kappa shape index (κ1) is 27.1. The fraction of sp³-hybridized carbons (Fsp3) is 0.387. The summed E-state index contributed by atoms with van der Waals surface area (Å²) >= 11 is 0. The quantitative estimate of drug-likeness (QED) is 0.312. The molecule has 4 N–H and O–H groups in total. The van der Waals surface area contributed by atoms with Gasteiger partial charge in [0.2, 0.25) is 0 Å². The molecule has 192 valence electrons. The molecule has 5 nitrogen and oxygen atoms in total. The van der Waals surface area contributed by atoms with Crippen LogP contribution in [0.25, 0.3) is 0 Å². The molecule has 0 heterocycles. The smallest absolute Gasteiger partial charge is 0.339 e. The van der Waals surface area contributed by atoms with Crippen LogP contribution in [0.15, 0.2) is 36.4 Å². The van der Waals surface area contributed by atoms with Crippen LogP contribution in [0.3, 0.4) is 0 Å². The van der Waals surface area contributed by atoms with Crippen LogP contribution in [0.5, 0.6) is 17.2 Å². The lowest BCUT2D eigenvalue weighted by Gasteiger charge is -2.27. The zero-order valence-electron chi connectivity index (χ0n) is 22.6. The Morgan fingerprint density at radius 3 is 1.53 bits per heavy atom. The second kappa shape index (κ2) is 9.53. The molecule has 0 amide bonds. The summed E-state index contributed by atoms with van der Waals surface area (Å²) in [4.78, 5) is 11.6. The number of aryl methyl sites for hydroxylation is 2. The third kappa shape index (κ3) is 5.67. The Morgan fingerprint density at radius 1 is 0.639 bits per heavy atom. The highest BCUT2D eigenvalue weighted by molar-refractivity contribution is 5.91. The zero-order valence-corrected chi connectivity index (χ0v) is 22.6. The van der Waals surface area contributed by atoms with Crippen molar-refractivity contribution in [3.8, 4) is 17.2 Å². The average Bonchev–Trinajstić information content (AvgIpc) is 2.73. The van der Waals surface area contributed by atoms with Gasteiger partial charge >= 0.3 is 5.97 Å². The van der Waals surface area contributed by atoms with E-state index in [9.17, 15) is 25.2 Å². The lowest BCUT2D eigenvalue weighted by Crippen LogP contribution is -2.17. The molecule has 0 spiro atoms. The Hall–Kier alpha value is -3.47. The highest BCUT2D eigenvalue weighted by Gasteiger charge is 2.26. The Labute approximate surface area is 214 Å². The second-order valence-corrected chi connectivity index (χ2v) is 11.9. The van der Waals surface area contributed by atoms with Crippen molar-refractivity contribution in [2.75, 3.05) is 0 Å². The lowest BCUT2D eigenvalue weighted by atomic mass is 9.78. The van der Waals surface area contributed by atoms with Crippen molar-refractivity contribution in [3.63, 3.8) is 0 Å². The molecule has 0 radical (unpaired) electrons. The van der Waals surface area contributed by atoms with Crippen LogP contribution in [-0.2, 0) is 23.7 Å². The minimum Gasteiger partial charge on any atom is -0.507 e. The molecule has 0 aliphatic carbocycles. The van der Waals surface area contributed by atoms with Gasteiger partial charge in [0, 0.05) is 12.8 Å².